The van der Waals surface area contributed by atoms with Crippen LogP contribution < -0.4 is 4.74 Å². The summed E-state index contributed by atoms with van der Waals surface area (Å²) < 4.78 is 18.8. The van der Waals surface area contributed by atoms with Crippen LogP contribution in [0.15, 0.2) is 48.5 Å². The average Bonchev–Trinajstić information content (AvgIpc) is 3.57. The molecule has 1 aromatic carbocycles. The summed E-state index contributed by atoms with van der Waals surface area (Å²) in [5.41, 5.74) is 3.41. The lowest BCUT2D eigenvalue weighted by Gasteiger charge is -2.32. The molecule has 2 fully saturated rings. The van der Waals surface area contributed by atoms with E-state index in [1.54, 1.807) is 6.07 Å². The number of imidazole rings is 1. The number of esters is 1. The summed E-state index contributed by atoms with van der Waals surface area (Å²) in [5, 5.41) is 9.03. The average molecular weight is 558 g/mol. The van der Waals surface area contributed by atoms with Crippen LogP contribution in [-0.2, 0) is 29.2 Å². The van der Waals surface area contributed by atoms with Crippen LogP contribution in [0.25, 0.3) is 11.0 Å². The molecule has 0 spiro atoms. The molecule has 206 valence electrons. The van der Waals surface area contributed by atoms with Crippen molar-refractivity contribution in [3.05, 3.63) is 75.4 Å². The number of benzene rings is 1. The maximum atomic E-state index is 12.2. The molecule has 0 N–H and O–H groups in total. The van der Waals surface area contributed by atoms with Gasteiger partial charge in [-0.15, -0.1) is 11.3 Å². The number of hydrogen-bond donors (Lipinski definition) is 0. The smallest absolute Gasteiger partial charge is 0.337 e. The SMILES string of the molecule is COC(=O)c1ccc2nc(CN3CCC(c4cccc(OCc5ccc(C#N)s5)n4)CC3)n(CC3CCO3)c2c1. The van der Waals surface area contributed by atoms with E-state index in [0.717, 1.165) is 79.5 Å². The topological polar surface area (TPSA) is 102 Å². The second-order valence-corrected chi connectivity index (χ2v) is 11.4. The summed E-state index contributed by atoms with van der Waals surface area (Å²) in [7, 11) is 1.40. The van der Waals surface area contributed by atoms with Crippen molar-refractivity contribution in [2.75, 3.05) is 26.8 Å². The molecule has 40 heavy (non-hydrogen) atoms. The Kier molecular flexibility index (Phi) is 7.77. The van der Waals surface area contributed by atoms with E-state index in [-0.39, 0.29) is 12.1 Å². The van der Waals surface area contributed by atoms with Gasteiger partial charge in [-0.3, -0.25) is 4.90 Å². The Bertz CT molecular complexity index is 1550. The molecule has 0 bridgehead atoms. The third kappa shape index (κ3) is 5.72. The number of carbonyl (C=O) groups is 1. The minimum absolute atomic E-state index is 0.178. The lowest BCUT2D eigenvalue weighted by atomic mass is 9.93. The van der Waals surface area contributed by atoms with E-state index in [1.165, 1.54) is 18.4 Å². The van der Waals surface area contributed by atoms with Gasteiger partial charge in [0.1, 0.15) is 23.4 Å². The monoisotopic (exact) mass is 557 g/mol. The molecule has 6 rings (SSSR count). The van der Waals surface area contributed by atoms with Crippen LogP contribution in [0.5, 0.6) is 5.88 Å². The highest BCUT2D eigenvalue weighted by Crippen LogP contribution is 2.30. The molecule has 1 unspecified atom stereocenters. The highest BCUT2D eigenvalue weighted by molar-refractivity contribution is 7.12. The highest BCUT2D eigenvalue weighted by atomic mass is 32.1. The highest BCUT2D eigenvalue weighted by Gasteiger charge is 2.26. The fraction of sp³-hybridized carbons (Fsp3) is 0.400. The van der Waals surface area contributed by atoms with Gasteiger partial charge < -0.3 is 18.8 Å². The fourth-order valence-corrected chi connectivity index (χ4v) is 6.08. The maximum absolute atomic E-state index is 12.2. The van der Waals surface area contributed by atoms with Crippen LogP contribution >= 0.6 is 11.3 Å². The molecule has 4 aromatic rings. The van der Waals surface area contributed by atoms with Crippen LogP contribution in [0.4, 0.5) is 0 Å². The van der Waals surface area contributed by atoms with Gasteiger partial charge in [-0.05, 0) is 68.8 Å². The zero-order valence-corrected chi connectivity index (χ0v) is 23.2. The third-order valence-corrected chi connectivity index (χ3v) is 8.64. The number of thiophene rings is 1. The van der Waals surface area contributed by atoms with E-state index in [4.69, 9.17) is 29.4 Å². The number of aromatic nitrogens is 3. The van der Waals surface area contributed by atoms with Crippen molar-refractivity contribution < 1.29 is 19.0 Å². The Hall–Kier alpha value is -3.78. The second-order valence-electron chi connectivity index (χ2n) is 10.2. The third-order valence-electron chi connectivity index (χ3n) is 7.68. The van der Waals surface area contributed by atoms with Crippen LogP contribution in [0.3, 0.4) is 0 Å². The molecular formula is C30H31N5O4S. The number of nitrogens with zero attached hydrogens (tertiary/aromatic N) is 5. The summed E-state index contributed by atoms with van der Waals surface area (Å²) in [4.78, 5) is 26.0. The first-order valence-electron chi connectivity index (χ1n) is 13.6. The van der Waals surface area contributed by atoms with Gasteiger partial charge >= 0.3 is 5.97 Å². The van der Waals surface area contributed by atoms with E-state index < -0.39 is 0 Å². The zero-order valence-electron chi connectivity index (χ0n) is 22.4. The molecule has 3 aromatic heterocycles. The van der Waals surface area contributed by atoms with Gasteiger partial charge in [0.2, 0.25) is 5.88 Å². The number of hydrogen-bond acceptors (Lipinski definition) is 9. The van der Waals surface area contributed by atoms with Crippen molar-refractivity contribution in [1.82, 2.24) is 19.4 Å². The van der Waals surface area contributed by atoms with Gasteiger partial charge in [-0.1, -0.05) is 6.07 Å². The quantitative estimate of drug-likeness (QED) is 0.268. The predicted octanol–water partition coefficient (Wildman–Crippen LogP) is 4.90. The molecule has 0 amide bonds. The molecule has 0 saturated carbocycles. The van der Waals surface area contributed by atoms with Crippen LogP contribution in [0.1, 0.15) is 56.8 Å². The van der Waals surface area contributed by atoms with E-state index in [2.05, 4.69) is 21.6 Å². The fourth-order valence-electron chi connectivity index (χ4n) is 5.36. The molecule has 9 nitrogen and oxygen atoms in total. The van der Waals surface area contributed by atoms with Crippen molar-refractivity contribution in [2.45, 2.75) is 51.0 Å². The van der Waals surface area contributed by atoms with E-state index in [9.17, 15) is 4.79 Å². The molecule has 2 saturated heterocycles. The number of rotatable bonds is 9. The standard InChI is InChI=1S/C30H31N5O4S/c1-37-30(36)21-5-8-26-27(15-21)35(17-22-11-14-38-22)28(32-26)18-34-12-9-20(10-13-34)25-3-2-4-29(33-25)39-19-24-7-6-23(16-31)40-24/h2-8,15,20,22H,9-14,17-19H2,1H3. The molecule has 2 aliphatic heterocycles. The maximum Gasteiger partial charge on any atom is 0.337 e. The van der Waals surface area contributed by atoms with Crippen molar-refractivity contribution in [2.24, 2.45) is 0 Å². The Morgan fingerprint density at radius 1 is 1.15 bits per heavy atom. The number of likely N-dealkylation sites (tertiary alicyclic amines) is 1. The number of carbonyl (C=O) groups excluding carboxylic acids is 1. The first-order valence-corrected chi connectivity index (χ1v) is 14.4. The van der Waals surface area contributed by atoms with Crippen molar-refractivity contribution >= 4 is 28.3 Å². The first-order chi connectivity index (χ1) is 19.6. The number of piperidine rings is 1. The van der Waals surface area contributed by atoms with Gasteiger partial charge in [-0.25, -0.2) is 14.8 Å². The number of pyridine rings is 1. The molecular weight excluding hydrogens is 526 g/mol. The first kappa shape index (κ1) is 26.4. The minimum atomic E-state index is -0.346. The summed E-state index contributed by atoms with van der Waals surface area (Å²) in [6.45, 7) is 4.57. The zero-order chi connectivity index (χ0) is 27.5. The van der Waals surface area contributed by atoms with E-state index in [0.29, 0.717) is 28.8 Å². The molecule has 1 atom stereocenters. The Labute approximate surface area is 236 Å². The van der Waals surface area contributed by atoms with Crippen LogP contribution in [-0.4, -0.2) is 58.3 Å². The van der Waals surface area contributed by atoms with Crippen LogP contribution in [0, 0.1) is 11.3 Å². The summed E-state index contributed by atoms with van der Waals surface area (Å²) in [6, 6.07) is 17.4. The lowest BCUT2D eigenvalue weighted by Crippen LogP contribution is -2.35. The summed E-state index contributed by atoms with van der Waals surface area (Å²) in [6.07, 6.45) is 3.22. The predicted molar refractivity (Wildman–Crippen MR) is 150 cm³/mol. The normalized spacial score (nSPS) is 17.9. The Balaban J connectivity index is 1.11. The lowest BCUT2D eigenvalue weighted by molar-refractivity contribution is -0.0592. The van der Waals surface area contributed by atoms with Crippen molar-refractivity contribution in [1.29, 1.82) is 5.26 Å². The van der Waals surface area contributed by atoms with Gasteiger partial charge in [0.15, 0.2) is 0 Å². The largest absolute Gasteiger partial charge is 0.472 e. The Morgan fingerprint density at radius 2 is 2.00 bits per heavy atom. The summed E-state index contributed by atoms with van der Waals surface area (Å²) >= 11 is 1.44. The number of ether oxygens (including phenoxy) is 3. The van der Waals surface area contributed by atoms with Gasteiger partial charge in [0, 0.05) is 29.2 Å². The molecule has 10 heteroatoms. The van der Waals surface area contributed by atoms with Gasteiger partial charge in [0.25, 0.3) is 0 Å². The second kappa shape index (κ2) is 11.8. The number of nitriles is 1. The van der Waals surface area contributed by atoms with E-state index >= 15 is 0 Å². The van der Waals surface area contributed by atoms with Gasteiger partial charge in [0.05, 0.1) is 42.9 Å². The Morgan fingerprint density at radius 3 is 2.73 bits per heavy atom. The molecule has 0 aliphatic carbocycles. The van der Waals surface area contributed by atoms with Crippen molar-refractivity contribution in [3.8, 4) is 11.9 Å². The minimum Gasteiger partial charge on any atom is -0.472 e. The molecule has 2 aliphatic rings. The number of fused-ring (bicyclic) bond motifs is 1. The molecule has 5 heterocycles. The van der Waals surface area contributed by atoms with Gasteiger partial charge in [-0.2, -0.15) is 5.26 Å². The van der Waals surface area contributed by atoms with Crippen molar-refractivity contribution in [3.63, 3.8) is 0 Å². The van der Waals surface area contributed by atoms with E-state index in [1.807, 2.05) is 36.4 Å². The van der Waals surface area contributed by atoms with Crippen LogP contribution in [0.2, 0.25) is 0 Å². The molecule has 0 radical (unpaired) electrons. The summed E-state index contributed by atoms with van der Waals surface area (Å²) in [5.74, 6) is 1.63. The number of methoxy groups -OCH3 is 1.